The van der Waals surface area contributed by atoms with Gasteiger partial charge in [-0.05, 0) is 24.4 Å². The van der Waals surface area contributed by atoms with E-state index in [9.17, 15) is 12.9 Å². The van der Waals surface area contributed by atoms with Crippen molar-refractivity contribution in [2.24, 2.45) is 0 Å². The maximum atomic E-state index is 11.9. The molecule has 0 unspecified atom stereocenters. The molecule has 14 heavy (non-hydrogen) atoms. The van der Waals surface area contributed by atoms with E-state index in [1.165, 1.54) is 12.3 Å². The largest absolute Gasteiger partial charge is 1.00 e. The Morgan fingerprint density at radius 3 is 2.29 bits per heavy atom. The fourth-order valence-corrected chi connectivity index (χ4v) is 1.02. The summed E-state index contributed by atoms with van der Waals surface area (Å²) in [6, 6.07) is 3.12. The average Bonchev–Trinajstić information content (AvgIpc) is 2.03. The van der Waals surface area contributed by atoms with Gasteiger partial charge in [0.1, 0.15) is 0 Å². The molecule has 6 heteroatoms. The van der Waals surface area contributed by atoms with E-state index in [2.05, 4.69) is 4.98 Å². The Morgan fingerprint density at radius 1 is 1.29 bits per heavy atom. The summed E-state index contributed by atoms with van der Waals surface area (Å²) < 4.78 is 35.8. The van der Waals surface area contributed by atoms with Gasteiger partial charge in [-0.2, -0.15) is 0 Å². The van der Waals surface area contributed by atoms with E-state index in [1.807, 2.05) is 6.92 Å². The van der Waals surface area contributed by atoms with Crippen molar-refractivity contribution in [3.63, 3.8) is 0 Å². The second kappa shape index (κ2) is 6.27. The van der Waals surface area contributed by atoms with Crippen molar-refractivity contribution in [3.8, 4) is 0 Å². The Hall–Kier alpha value is 0.641. The summed E-state index contributed by atoms with van der Waals surface area (Å²) >= 11 is 0. The van der Waals surface area contributed by atoms with Crippen LogP contribution in [0, 0.1) is 0 Å². The smallest absolute Gasteiger partial charge is 0.449 e. The first kappa shape index (κ1) is 14.6. The van der Waals surface area contributed by atoms with Gasteiger partial charge in [-0.1, -0.05) is 13.0 Å². The molecule has 0 radical (unpaired) electrons. The predicted octanol–water partition coefficient (Wildman–Crippen LogP) is -0.423. The third kappa shape index (κ3) is 5.50. The van der Waals surface area contributed by atoms with Gasteiger partial charge >= 0.3 is 58.4 Å². The van der Waals surface area contributed by atoms with E-state index >= 15 is 0 Å². The van der Waals surface area contributed by atoms with Gasteiger partial charge in [-0.3, -0.25) is 4.98 Å². The number of aromatic nitrogens is 1. The number of hydrogen-bond acceptors (Lipinski definition) is 1. The molecule has 1 aromatic heterocycles. The third-order valence-corrected chi connectivity index (χ3v) is 1.73. The molecule has 0 aliphatic carbocycles. The number of halogens is 3. The van der Waals surface area contributed by atoms with Gasteiger partial charge in [0, 0.05) is 11.9 Å². The van der Waals surface area contributed by atoms with Crippen molar-refractivity contribution in [2.75, 3.05) is 0 Å². The molecule has 1 rings (SSSR count). The molecule has 0 saturated heterocycles. The molecule has 0 aromatic carbocycles. The van der Waals surface area contributed by atoms with Gasteiger partial charge in [0.15, 0.2) is 0 Å². The number of rotatable bonds is 3. The standard InChI is InChI=1S/C8H10BF3N.K/c1-2-7-3-4-8(13-6-7)5-9(10,11)12;/h3-4,6H,2,5H2,1H3;/q-1;+1. The molecular formula is C8H10BF3KN. The van der Waals surface area contributed by atoms with Crippen LogP contribution in [0.25, 0.3) is 0 Å². The zero-order valence-electron chi connectivity index (χ0n) is 8.30. The topological polar surface area (TPSA) is 12.9 Å². The summed E-state index contributed by atoms with van der Waals surface area (Å²) in [7, 11) is 0. The Morgan fingerprint density at radius 2 is 1.93 bits per heavy atom. The minimum Gasteiger partial charge on any atom is -0.449 e. The molecule has 0 saturated carbocycles. The molecule has 0 amide bonds. The van der Waals surface area contributed by atoms with Crippen molar-refractivity contribution >= 4 is 6.98 Å². The van der Waals surface area contributed by atoms with Crippen LogP contribution >= 0.6 is 0 Å². The van der Waals surface area contributed by atoms with Crippen LogP contribution in [0.15, 0.2) is 18.3 Å². The zero-order chi connectivity index (χ0) is 9.90. The number of pyridine rings is 1. The third-order valence-electron chi connectivity index (χ3n) is 1.73. The van der Waals surface area contributed by atoms with Gasteiger partial charge in [0.2, 0.25) is 0 Å². The van der Waals surface area contributed by atoms with Gasteiger partial charge < -0.3 is 12.9 Å². The van der Waals surface area contributed by atoms with Crippen LogP contribution in [0.3, 0.4) is 0 Å². The van der Waals surface area contributed by atoms with Gasteiger partial charge in [0.05, 0.1) is 0 Å². The average molecular weight is 227 g/mol. The summed E-state index contributed by atoms with van der Waals surface area (Å²) in [4.78, 5) is 3.73. The zero-order valence-corrected chi connectivity index (χ0v) is 11.4. The first-order valence-corrected chi connectivity index (χ1v) is 4.16. The van der Waals surface area contributed by atoms with Crippen LogP contribution < -0.4 is 51.4 Å². The quantitative estimate of drug-likeness (QED) is 0.639. The van der Waals surface area contributed by atoms with E-state index in [-0.39, 0.29) is 57.1 Å². The molecule has 0 N–H and O–H groups in total. The molecular weight excluding hydrogens is 217 g/mol. The Balaban J connectivity index is 0.00000169. The SMILES string of the molecule is CCc1ccc(C[B-](F)(F)F)nc1.[K+]. The molecule has 1 heterocycles. The fraction of sp³-hybridized carbons (Fsp3) is 0.375. The van der Waals surface area contributed by atoms with Crippen LogP contribution in [0.4, 0.5) is 12.9 Å². The molecule has 72 valence electrons. The molecule has 0 atom stereocenters. The van der Waals surface area contributed by atoms with E-state index in [4.69, 9.17) is 0 Å². The van der Waals surface area contributed by atoms with E-state index < -0.39 is 13.3 Å². The Bertz CT molecular complexity index is 273. The predicted molar refractivity (Wildman–Crippen MR) is 46.4 cm³/mol. The van der Waals surface area contributed by atoms with Gasteiger partial charge in [-0.25, -0.2) is 0 Å². The van der Waals surface area contributed by atoms with Crippen molar-refractivity contribution in [2.45, 2.75) is 19.7 Å². The van der Waals surface area contributed by atoms with E-state index in [0.29, 0.717) is 0 Å². The maximum absolute atomic E-state index is 11.9. The molecule has 1 nitrogen and oxygen atoms in total. The molecule has 0 aliphatic rings. The van der Waals surface area contributed by atoms with E-state index in [1.54, 1.807) is 6.07 Å². The second-order valence-corrected chi connectivity index (χ2v) is 2.93. The normalized spacial score (nSPS) is 10.9. The van der Waals surface area contributed by atoms with Crippen LogP contribution in [0.2, 0.25) is 0 Å². The first-order chi connectivity index (χ1) is 6.01. The maximum Gasteiger partial charge on any atom is 1.00 e. The minimum absolute atomic E-state index is 0. The summed E-state index contributed by atoms with van der Waals surface area (Å²) in [5.74, 6) is 0. The second-order valence-electron chi connectivity index (χ2n) is 2.93. The van der Waals surface area contributed by atoms with Crippen LogP contribution in [-0.4, -0.2) is 12.0 Å². The molecule has 1 aromatic rings. The monoisotopic (exact) mass is 227 g/mol. The van der Waals surface area contributed by atoms with Crippen LogP contribution in [-0.2, 0) is 12.7 Å². The molecule has 0 fully saturated rings. The molecule has 0 bridgehead atoms. The number of nitrogens with zero attached hydrogens (tertiary/aromatic N) is 1. The summed E-state index contributed by atoms with van der Waals surface area (Å²) in [5.41, 5.74) is 1.06. The van der Waals surface area contributed by atoms with Crippen LogP contribution in [0.5, 0.6) is 0 Å². The Kier molecular flexibility index (Phi) is 6.56. The Labute approximate surface area is 124 Å². The summed E-state index contributed by atoms with van der Waals surface area (Å²) in [6.07, 6.45) is 1.41. The van der Waals surface area contributed by atoms with Crippen molar-refractivity contribution < 1.29 is 64.3 Å². The fourth-order valence-electron chi connectivity index (χ4n) is 1.02. The summed E-state index contributed by atoms with van der Waals surface area (Å²) in [5, 5.41) is 0. The van der Waals surface area contributed by atoms with Gasteiger partial charge in [-0.15, -0.1) is 0 Å². The number of hydrogen-bond donors (Lipinski definition) is 0. The van der Waals surface area contributed by atoms with E-state index in [0.717, 1.165) is 12.0 Å². The molecule has 0 spiro atoms. The van der Waals surface area contributed by atoms with Crippen molar-refractivity contribution in [1.29, 1.82) is 0 Å². The van der Waals surface area contributed by atoms with Gasteiger partial charge in [0.25, 0.3) is 0 Å². The number of aryl methyl sites for hydroxylation is 1. The van der Waals surface area contributed by atoms with Crippen molar-refractivity contribution in [1.82, 2.24) is 4.98 Å². The minimum atomic E-state index is -4.76. The van der Waals surface area contributed by atoms with Crippen LogP contribution in [0.1, 0.15) is 18.2 Å². The van der Waals surface area contributed by atoms with Crippen molar-refractivity contribution in [3.05, 3.63) is 29.6 Å². The summed E-state index contributed by atoms with van der Waals surface area (Å²) in [6.45, 7) is -2.83. The first-order valence-electron chi connectivity index (χ1n) is 4.16. The molecule has 0 aliphatic heterocycles.